The van der Waals surface area contributed by atoms with Crippen LogP contribution in [0.4, 0.5) is 5.69 Å². The van der Waals surface area contributed by atoms with Crippen LogP contribution in [-0.4, -0.2) is 19.7 Å². The van der Waals surface area contributed by atoms with E-state index in [1.54, 1.807) is 22.2 Å². The topological polar surface area (TPSA) is 93.6 Å². The lowest BCUT2D eigenvalue weighted by Gasteiger charge is -2.19. The molecule has 130 valence electrons. The van der Waals surface area contributed by atoms with E-state index < -0.39 is 0 Å². The first-order chi connectivity index (χ1) is 11.5. The molecule has 6 nitrogen and oxygen atoms in total. The predicted molar refractivity (Wildman–Crippen MR) is 99.7 cm³/mol. The van der Waals surface area contributed by atoms with Crippen LogP contribution in [0.15, 0.2) is 47.4 Å². The summed E-state index contributed by atoms with van der Waals surface area (Å²) >= 11 is 1.72. The number of hydrazine groups is 2. The van der Waals surface area contributed by atoms with Crippen molar-refractivity contribution < 1.29 is 9.53 Å². The minimum absolute atomic E-state index is 0.403. The van der Waals surface area contributed by atoms with Crippen molar-refractivity contribution in [3.8, 4) is 5.75 Å². The molecule has 2 aromatic carbocycles. The lowest BCUT2D eigenvalue weighted by molar-refractivity contribution is -0.109. The van der Waals surface area contributed by atoms with Gasteiger partial charge in [-0.05, 0) is 49.1 Å². The smallest absolute Gasteiger partial charge is 0.221 e. The number of amides is 1. The summed E-state index contributed by atoms with van der Waals surface area (Å²) in [6, 6.07) is 14.2. The molecule has 2 aromatic rings. The first kappa shape index (κ1) is 19.8. The summed E-state index contributed by atoms with van der Waals surface area (Å²) in [5, 5.41) is 1.63. The number of nitrogens with zero attached hydrogens (tertiary/aromatic N) is 1. The van der Waals surface area contributed by atoms with Crippen molar-refractivity contribution in [1.29, 1.82) is 0 Å². The fourth-order valence-corrected chi connectivity index (χ4v) is 2.44. The van der Waals surface area contributed by atoms with E-state index in [9.17, 15) is 0 Å². The largest absolute Gasteiger partial charge is 0.489 e. The Hall–Kier alpha value is -2.22. The summed E-state index contributed by atoms with van der Waals surface area (Å²) in [6.45, 7) is 2.59. The van der Waals surface area contributed by atoms with Crippen LogP contribution in [-0.2, 0) is 11.4 Å². The Kier molecular flexibility index (Phi) is 8.70. The third-order valence-corrected chi connectivity index (χ3v) is 4.02. The van der Waals surface area contributed by atoms with Crippen LogP contribution in [0, 0.1) is 6.92 Å². The first-order valence-corrected chi connectivity index (χ1v) is 8.49. The van der Waals surface area contributed by atoms with Crippen molar-refractivity contribution >= 4 is 23.9 Å². The van der Waals surface area contributed by atoms with Gasteiger partial charge in [0.1, 0.15) is 12.4 Å². The molecule has 7 heteroatoms. The summed E-state index contributed by atoms with van der Waals surface area (Å²) in [7, 11) is 1.84. The maximum atomic E-state index is 8.94. The lowest BCUT2D eigenvalue weighted by Crippen LogP contribution is -2.26. The van der Waals surface area contributed by atoms with Gasteiger partial charge >= 0.3 is 0 Å². The highest BCUT2D eigenvalue weighted by molar-refractivity contribution is 7.98. The summed E-state index contributed by atoms with van der Waals surface area (Å²) in [6.07, 6.45) is 2.46. The predicted octanol–water partition coefficient (Wildman–Crippen LogP) is 2.21. The van der Waals surface area contributed by atoms with Crippen LogP contribution in [0.3, 0.4) is 0 Å². The average Bonchev–Trinajstić information content (AvgIpc) is 2.61. The Morgan fingerprint density at radius 1 is 1.25 bits per heavy atom. The van der Waals surface area contributed by atoms with Crippen molar-refractivity contribution in [2.24, 2.45) is 11.7 Å². The van der Waals surface area contributed by atoms with E-state index in [-0.39, 0.29) is 0 Å². The lowest BCUT2D eigenvalue weighted by atomic mass is 10.1. The Balaban J connectivity index is 0.000000648. The molecule has 0 bridgehead atoms. The molecule has 0 atom stereocenters. The van der Waals surface area contributed by atoms with Gasteiger partial charge in [-0.15, -0.1) is 11.8 Å². The standard InChI is InChI=1S/C16H20N2OS.CH4N2O/c1-12-5-4-6-16(18(2)17)15(12)11-19-13-7-9-14(20-3)10-8-13;2-3-1-4/h4-10H,11,17H2,1-3H3;1H,2H2,(H,3,4). The Labute approximate surface area is 147 Å². The molecule has 24 heavy (non-hydrogen) atoms. The molecule has 0 aliphatic carbocycles. The van der Waals surface area contributed by atoms with Crippen LogP contribution in [0.1, 0.15) is 11.1 Å². The number of ether oxygens (including phenoxy) is 1. The second-order valence-electron chi connectivity index (χ2n) is 4.93. The zero-order valence-corrected chi connectivity index (χ0v) is 15.0. The first-order valence-electron chi connectivity index (χ1n) is 7.27. The van der Waals surface area contributed by atoms with E-state index >= 15 is 0 Å². The summed E-state index contributed by atoms with van der Waals surface area (Å²) in [5.74, 6) is 11.1. The van der Waals surface area contributed by atoms with Crippen molar-refractivity contribution in [2.45, 2.75) is 18.4 Å². The maximum Gasteiger partial charge on any atom is 0.221 e. The molecule has 0 radical (unpaired) electrons. The molecule has 2 rings (SSSR count). The van der Waals surface area contributed by atoms with Crippen LogP contribution in [0.5, 0.6) is 5.75 Å². The number of anilines is 1. The monoisotopic (exact) mass is 348 g/mol. The number of thioether (sulfide) groups is 1. The van der Waals surface area contributed by atoms with Gasteiger partial charge in [0.15, 0.2) is 0 Å². The zero-order valence-electron chi connectivity index (χ0n) is 14.2. The van der Waals surface area contributed by atoms with Gasteiger partial charge in [-0.3, -0.25) is 10.2 Å². The van der Waals surface area contributed by atoms with Gasteiger partial charge in [0.25, 0.3) is 0 Å². The van der Waals surface area contributed by atoms with E-state index in [1.807, 2.05) is 31.3 Å². The van der Waals surface area contributed by atoms with Crippen molar-refractivity contribution in [3.63, 3.8) is 0 Å². The number of rotatable bonds is 6. The van der Waals surface area contributed by atoms with Gasteiger partial charge in [-0.2, -0.15) is 0 Å². The highest BCUT2D eigenvalue weighted by Gasteiger charge is 2.08. The second-order valence-corrected chi connectivity index (χ2v) is 5.81. The van der Waals surface area contributed by atoms with Crippen LogP contribution in [0.25, 0.3) is 0 Å². The van der Waals surface area contributed by atoms with Crippen LogP contribution >= 0.6 is 11.8 Å². The number of hydrogen-bond donors (Lipinski definition) is 3. The highest BCUT2D eigenvalue weighted by Crippen LogP contribution is 2.24. The molecule has 0 saturated heterocycles. The number of nitrogens with one attached hydrogen (secondary N) is 1. The van der Waals surface area contributed by atoms with E-state index in [1.165, 1.54) is 10.5 Å². The molecule has 0 heterocycles. The van der Waals surface area contributed by atoms with Crippen molar-refractivity contribution in [3.05, 3.63) is 53.6 Å². The van der Waals surface area contributed by atoms with Gasteiger partial charge in [-0.1, -0.05) is 12.1 Å². The molecule has 5 N–H and O–H groups in total. The van der Waals surface area contributed by atoms with E-state index in [4.69, 9.17) is 15.4 Å². The van der Waals surface area contributed by atoms with E-state index in [2.05, 4.69) is 37.2 Å². The number of carbonyl (C=O) groups excluding carboxylic acids is 1. The maximum absolute atomic E-state index is 8.94. The average molecular weight is 348 g/mol. The second kappa shape index (κ2) is 10.5. The minimum atomic E-state index is 0.403. The van der Waals surface area contributed by atoms with E-state index in [0.717, 1.165) is 17.0 Å². The Morgan fingerprint density at radius 2 is 1.88 bits per heavy atom. The molecule has 0 fully saturated rings. The minimum Gasteiger partial charge on any atom is -0.489 e. The molecule has 1 amide bonds. The fraction of sp³-hybridized carbons (Fsp3) is 0.235. The van der Waals surface area contributed by atoms with Crippen molar-refractivity contribution in [1.82, 2.24) is 5.43 Å². The zero-order chi connectivity index (χ0) is 17.9. The van der Waals surface area contributed by atoms with E-state index in [0.29, 0.717) is 13.0 Å². The molecule has 0 aliphatic rings. The number of benzene rings is 2. The molecule has 0 spiro atoms. The Bertz CT molecular complexity index is 633. The molecule has 0 saturated carbocycles. The molecular formula is C17H24N4O2S. The number of aryl methyl sites for hydroxylation is 1. The third kappa shape index (κ3) is 6.11. The third-order valence-electron chi connectivity index (χ3n) is 3.28. The summed E-state index contributed by atoms with van der Waals surface area (Å²) < 4.78 is 5.87. The Morgan fingerprint density at radius 3 is 2.38 bits per heavy atom. The number of hydrogen-bond acceptors (Lipinski definition) is 6. The van der Waals surface area contributed by atoms with Gasteiger partial charge in [0.2, 0.25) is 6.41 Å². The van der Waals surface area contributed by atoms with Gasteiger partial charge < -0.3 is 9.75 Å². The van der Waals surface area contributed by atoms with Gasteiger partial charge in [0.05, 0.1) is 5.69 Å². The van der Waals surface area contributed by atoms with Gasteiger partial charge in [-0.25, -0.2) is 11.7 Å². The molecular weight excluding hydrogens is 324 g/mol. The molecule has 0 aromatic heterocycles. The SMILES string of the molecule is CSc1ccc(OCc2c(C)cccc2N(C)N)cc1.NNC=O. The highest BCUT2D eigenvalue weighted by atomic mass is 32.2. The van der Waals surface area contributed by atoms with Crippen LogP contribution in [0.2, 0.25) is 0 Å². The number of nitrogens with two attached hydrogens (primary N) is 2. The molecule has 0 unspecified atom stereocenters. The van der Waals surface area contributed by atoms with Gasteiger partial charge in [0, 0.05) is 17.5 Å². The molecule has 0 aliphatic heterocycles. The quantitative estimate of drug-likeness (QED) is 0.244. The summed E-state index contributed by atoms with van der Waals surface area (Å²) in [4.78, 5) is 10.2. The fourth-order valence-electron chi connectivity index (χ4n) is 2.03. The summed E-state index contributed by atoms with van der Waals surface area (Å²) in [5.41, 5.74) is 5.04. The van der Waals surface area contributed by atoms with Crippen LogP contribution < -0.4 is 26.9 Å². The normalized spacial score (nSPS) is 9.54. The number of carbonyl (C=O) groups is 1. The van der Waals surface area contributed by atoms with Crippen molar-refractivity contribution in [2.75, 3.05) is 18.3 Å².